The molecule has 0 aliphatic rings. The first-order valence-corrected chi connectivity index (χ1v) is 9.43. The highest BCUT2D eigenvalue weighted by Crippen LogP contribution is 2.29. The first kappa shape index (κ1) is 21.3. The van der Waals surface area contributed by atoms with Crippen LogP contribution in [0.25, 0.3) is 11.3 Å². The second kappa shape index (κ2) is 10.4. The first-order chi connectivity index (χ1) is 14.5. The number of nitrogens with one attached hydrogen (secondary N) is 1. The molecule has 0 saturated carbocycles. The Morgan fingerprint density at radius 2 is 1.93 bits per heavy atom. The minimum Gasteiger partial charge on any atom is -0.493 e. The lowest BCUT2D eigenvalue weighted by molar-refractivity contribution is -0.121. The number of benzene rings is 2. The summed E-state index contributed by atoms with van der Waals surface area (Å²) >= 11 is 0. The van der Waals surface area contributed by atoms with Crippen molar-refractivity contribution in [2.45, 2.75) is 25.9 Å². The molecule has 1 heterocycles. The van der Waals surface area contributed by atoms with Crippen molar-refractivity contribution < 1.29 is 27.5 Å². The van der Waals surface area contributed by atoms with E-state index in [1.54, 1.807) is 18.3 Å². The SMILES string of the molecule is COc1ccc(CCNC(=O)CCc2ncc(-c3ccccc3)o2)cc1OC(F)F. The van der Waals surface area contributed by atoms with Crippen molar-refractivity contribution in [1.29, 1.82) is 0 Å². The standard InChI is InChI=1S/C22H22F2N2O4/c1-28-17-8-7-15(13-18(17)30-22(23)24)11-12-25-20(27)9-10-21-26-14-19(29-21)16-5-3-2-4-6-16/h2-8,13-14,22H,9-12H2,1H3,(H,25,27). The first-order valence-electron chi connectivity index (χ1n) is 9.43. The van der Waals surface area contributed by atoms with E-state index in [9.17, 15) is 13.6 Å². The lowest BCUT2D eigenvalue weighted by atomic mass is 10.1. The maximum atomic E-state index is 12.5. The van der Waals surface area contributed by atoms with Gasteiger partial charge in [0, 0.05) is 24.9 Å². The zero-order chi connectivity index (χ0) is 21.3. The van der Waals surface area contributed by atoms with Gasteiger partial charge in [-0.05, 0) is 24.1 Å². The van der Waals surface area contributed by atoms with Gasteiger partial charge in [0.25, 0.3) is 0 Å². The molecule has 1 amide bonds. The van der Waals surface area contributed by atoms with Crippen LogP contribution in [0.2, 0.25) is 0 Å². The molecule has 3 rings (SSSR count). The second-order valence-corrected chi connectivity index (χ2v) is 6.45. The van der Waals surface area contributed by atoms with Crippen LogP contribution in [0.15, 0.2) is 59.1 Å². The molecule has 6 nitrogen and oxygen atoms in total. The molecule has 0 saturated heterocycles. The molecule has 0 aliphatic carbocycles. The molecule has 0 radical (unpaired) electrons. The third kappa shape index (κ3) is 6.04. The third-order valence-corrected chi connectivity index (χ3v) is 4.36. The molecule has 30 heavy (non-hydrogen) atoms. The summed E-state index contributed by atoms with van der Waals surface area (Å²) in [6.45, 7) is -2.58. The van der Waals surface area contributed by atoms with Crippen LogP contribution in [0, 0.1) is 0 Å². The zero-order valence-corrected chi connectivity index (χ0v) is 16.4. The molecule has 1 aromatic heterocycles. The van der Waals surface area contributed by atoms with Gasteiger partial charge in [0.1, 0.15) is 0 Å². The number of methoxy groups -OCH3 is 1. The van der Waals surface area contributed by atoms with Crippen LogP contribution in [0.3, 0.4) is 0 Å². The predicted octanol–water partition coefficient (Wildman–Crippen LogP) is 4.24. The minimum atomic E-state index is -2.94. The lowest BCUT2D eigenvalue weighted by Gasteiger charge is -2.11. The summed E-state index contributed by atoms with van der Waals surface area (Å²) in [5.74, 6) is 1.20. The van der Waals surface area contributed by atoms with Crippen LogP contribution in [0.1, 0.15) is 17.9 Å². The van der Waals surface area contributed by atoms with Crippen molar-refractivity contribution in [3.63, 3.8) is 0 Å². The highest BCUT2D eigenvalue weighted by Gasteiger charge is 2.12. The van der Waals surface area contributed by atoms with Crippen LogP contribution in [-0.4, -0.2) is 31.2 Å². The largest absolute Gasteiger partial charge is 0.493 e. The van der Waals surface area contributed by atoms with E-state index in [4.69, 9.17) is 9.15 Å². The monoisotopic (exact) mass is 416 g/mol. The molecular weight excluding hydrogens is 394 g/mol. The fourth-order valence-corrected chi connectivity index (χ4v) is 2.88. The van der Waals surface area contributed by atoms with Crippen molar-refractivity contribution in [3.8, 4) is 22.8 Å². The van der Waals surface area contributed by atoms with Gasteiger partial charge < -0.3 is 19.2 Å². The maximum absolute atomic E-state index is 12.5. The Morgan fingerprint density at radius 1 is 1.13 bits per heavy atom. The normalized spacial score (nSPS) is 10.8. The average Bonchev–Trinajstić information content (AvgIpc) is 3.22. The second-order valence-electron chi connectivity index (χ2n) is 6.45. The van der Waals surface area contributed by atoms with Gasteiger partial charge in [-0.25, -0.2) is 4.98 Å². The number of ether oxygens (including phenoxy) is 2. The van der Waals surface area contributed by atoms with Crippen LogP contribution in [0.4, 0.5) is 8.78 Å². The number of amides is 1. The van der Waals surface area contributed by atoms with E-state index in [0.29, 0.717) is 31.0 Å². The van der Waals surface area contributed by atoms with Gasteiger partial charge in [0.2, 0.25) is 5.91 Å². The molecule has 1 N–H and O–H groups in total. The summed E-state index contributed by atoms with van der Waals surface area (Å²) < 4.78 is 40.2. The van der Waals surface area contributed by atoms with Crippen LogP contribution >= 0.6 is 0 Å². The quantitative estimate of drug-likeness (QED) is 0.535. The van der Waals surface area contributed by atoms with Crippen molar-refractivity contribution in [3.05, 3.63) is 66.2 Å². The number of aromatic nitrogens is 1. The minimum absolute atomic E-state index is 0.0329. The van der Waals surface area contributed by atoms with Gasteiger partial charge in [0.15, 0.2) is 23.1 Å². The zero-order valence-electron chi connectivity index (χ0n) is 16.4. The average molecular weight is 416 g/mol. The van der Waals surface area contributed by atoms with Gasteiger partial charge in [-0.3, -0.25) is 4.79 Å². The van der Waals surface area contributed by atoms with Crippen molar-refractivity contribution in [2.75, 3.05) is 13.7 Å². The molecule has 3 aromatic rings. The number of rotatable bonds is 10. The molecule has 2 aromatic carbocycles. The van der Waals surface area contributed by atoms with Crippen LogP contribution in [0.5, 0.6) is 11.5 Å². The maximum Gasteiger partial charge on any atom is 0.387 e. The van der Waals surface area contributed by atoms with Crippen LogP contribution in [-0.2, 0) is 17.6 Å². The van der Waals surface area contributed by atoms with Gasteiger partial charge in [-0.2, -0.15) is 8.78 Å². The number of oxazole rings is 1. The van der Waals surface area contributed by atoms with E-state index in [1.165, 1.54) is 13.2 Å². The highest BCUT2D eigenvalue weighted by atomic mass is 19.3. The van der Waals surface area contributed by atoms with E-state index >= 15 is 0 Å². The van der Waals surface area contributed by atoms with E-state index < -0.39 is 6.61 Å². The molecule has 0 spiro atoms. The van der Waals surface area contributed by atoms with Crippen molar-refractivity contribution in [2.24, 2.45) is 0 Å². The summed E-state index contributed by atoms with van der Waals surface area (Å²) in [6.07, 6.45) is 2.72. The van der Waals surface area contributed by atoms with Crippen LogP contribution < -0.4 is 14.8 Å². The third-order valence-electron chi connectivity index (χ3n) is 4.36. The Kier molecular flexibility index (Phi) is 7.37. The molecular formula is C22H22F2N2O4. The van der Waals surface area contributed by atoms with Crippen molar-refractivity contribution >= 4 is 5.91 Å². The molecule has 8 heteroatoms. The highest BCUT2D eigenvalue weighted by molar-refractivity contribution is 5.76. The Balaban J connectivity index is 1.45. The van der Waals surface area contributed by atoms with Crippen molar-refractivity contribution in [1.82, 2.24) is 10.3 Å². The number of hydrogen-bond donors (Lipinski definition) is 1. The number of aryl methyl sites for hydroxylation is 1. The Bertz CT molecular complexity index is 961. The smallest absolute Gasteiger partial charge is 0.387 e. The Morgan fingerprint density at radius 3 is 2.67 bits per heavy atom. The molecule has 0 unspecified atom stereocenters. The molecule has 0 aliphatic heterocycles. The molecule has 158 valence electrons. The molecule has 0 atom stereocenters. The number of halogens is 2. The van der Waals surface area contributed by atoms with Gasteiger partial charge in [-0.15, -0.1) is 0 Å². The molecule has 0 bridgehead atoms. The van der Waals surface area contributed by atoms with E-state index in [-0.39, 0.29) is 23.8 Å². The Hall–Kier alpha value is -3.42. The number of carbonyl (C=O) groups is 1. The summed E-state index contributed by atoms with van der Waals surface area (Å²) in [5, 5.41) is 2.80. The molecule has 0 fully saturated rings. The predicted molar refractivity (Wildman–Crippen MR) is 107 cm³/mol. The Labute approximate surface area is 172 Å². The van der Waals surface area contributed by atoms with Gasteiger partial charge in [0.05, 0.1) is 13.3 Å². The summed E-state index contributed by atoms with van der Waals surface area (Å²) in [7, 11) is 1.38. The summed E-state index contributed by atoms with van der Waals surface area (Å²) in [6, 6.07) is 14.4. The summed E-state index contributed by atoms with van der Waals surface area (Å²) in [5.41, 5.74) is 1.67. The topological polar surface area (TPSA) is 73.6 Å². The fourth-order valence-electron chi connectivity index (χ4n) is 2.88. The summed E-state index contributed by atoms with van der Waals surface area (Å²) in [4.78, 5) is 16.3. The van der Waals surface area contributed by atoms with Gasteiger partial charge >= 0.3 is 6.61 Å². The lowest BCUT2D eigenvalue weighted by Crippen LogP contribution is -2.25. The fraction of sp³-hybridized carbons (Fsp3) is 0.273. The van der Waals surface area contributed by atoms with E-state index in [1.807, 2.05) is 30.3 Å². The number of carbonyl (C=O) groups excluding carboxylic acids is 1. The van der Waals surface area contributed by atoms with E-state index in [2.05, 4.69) is 15.0 Å². The number of nitrogens with zero attached hydrogens (tertiary/aromatic N) is 1. The van der Waals surface area contributed by atoms with Gasteiger partial charge in [-0.1, -0.05) is 36.4 Å². The number of hydrogen-bond acceptors (Lipinski definition) is 5. The number of alkyl halides is 2. The van der Waals surface area contributed by atoms with E-state index in [0.717, 1.165) is 11.1 Å².